The van der Waals surface area contributed by atoms with Crippen LogP contribution in [0.25, 0.3) is 0 Å². The Morgan fingerprint density at radius 3 is 1.61 bits per heavy atom. The zero-order valence-electron chi connectivity index (χ0n) is 20.2. The van der Waals surface area contributed by atoms with Crippen molar-refractivity contribution in [1.82, 2.24) is 0 Å². The molecule has 0 radical (unpaired) electrons. The van der Waals surface area contributed by atoms with Crippen LogP contribution in [0.3, 0.4) is 0 Å². The molecular formula is C25H50O6. The monoisotopic (exact) mass is 446 g/mol. The van der Waals surface area contributed by atoms with Crippen molar-refractivity contribution < 1.29 is 29.2 Å². The van der Waals surface area contributed by atoms with Crippen LogP contribution in [0.15, 0.2) is 0 Å². The fraction of sp³-hybridized carbons (Fsp3) is 0.960. The predicted molar refractivity (Wildman–Crippen MR) is 125 cm³/mol. The molecule has 2 N–H and O–H groups in total. The number of rotatable bonds is 25. The summed E-state index contributed by atoms with van der Waals surface area (Å²) >= 11 is 0. The lowest BCUT2D eigenvalue weighted by Crippen LogP contribution is -2.23. The summed E-state index contributed by atoms with van der Waals surface area (Å²) in [5.41, 5.74) is 0. The summed E-state index contributed by atoms with van der Waals surface area (Å²) in [6.07, 6.45) is 19.4. The Bertz CT molecular complexity index is 364. The van der Waals surface area contributed by atoms with Crippen molar-refractivity contribution >= 4 is 5.97 Å². The minimum atomic E-state index is -0.734. The average Bonchev–Trinajstić information content (AvgIpc) is 2.76. The highest BCUT2D eigenvalue weighted by Gasteiger charge is 2.06. The molecule has 0 aromatic heterocycles. The van der Waals surface area contributed by atoms with Gasteiger partial charge in [-0.1, -0.05) is 96.8 Å². The lowest BCUT2D eigenvalue weighted by atomic mass is 10.0. The highest BCUT2D eigenvalue weighted by atomic mass is 16.6. The van der Waals surface area contributed by atoms with E-state index >= 15 is 0 Å². The van der Waals surface area contributed by atoms with Gasteiger partial charge in [-0.15, -0.1) is 0 Å². The number of unbranched alkanes of at least 4 members (excludes halogenated alkanes) is 14. The van der Waals surface area contributed by atoms with E-state index in [1.807, 2.05) is 0 Å². The molecule has 0 saturated carbocycles. The van der Waals surface area contributed by atoms with Gasteiger partial charge >= 0.3 is 5.97 Å². The van der Waals surface area contributed by atoms with Crippen molar-refractivity contribution in [2.24, 2.45) is 0 Å². The summed E-state index contributed by atoms with van der Waals surface area (Å²) in [6.45, 7) is 3.13. The minimum Gasteiger partial charge on any atom is -0.463 e. The summed E-state index contributed by atoms with van der Waals surface area (Å²) in [5.74, 6) is -0.176. The highest BCUT2D eigenvalue weighted by molar-refractivity contribution is 5.69. The van der Waals surface area contributed by atoms with Crippen LogP contribution < -0.4 is 0 Å². The van der Waals surface area contributed by atoms with E-state index in [1.165, 1.54) is 83.5 Å². The van der Waals surface area contributed by atoms with Gasteiger partial charge in [0.25, 0.3) is 0 Å². The van der Waals surface area contributed by atoms with Gasteiger partial charge in [-0.05, 0) is 6.42 Å². The molecule has 0 aromatic carbocycles. The van der Waals surface area contributed by atoms with Gasteiger partial charge in [-0.25, -0.2) is 0 Å². The van der Waals surface area contributed by atoms with Crippen LogP contribution in [0.4, 0.5) is 0 Å². The van der Waals surface area contributed by atoms with Gasteiger partial charge in [0, 0.05) is 6.42 Å². The topological polar surface area (TPSA) is 85.2 Å². The molecule has 0 rings (SSSR count). The van der Waals surface area contributed by atoms with Gasteiger partial charge in [0.1, 0.15) is 12.7 Å². The molecule has 0 fully saturated rings. The van der Waals surface area contributed by atoms with E-state index < -0.39 is 6.10 Å². The summed E-state index contributed by atoms with van der Waals surface area (Å²) in [7, 11) is 0. The Labute approximate surface area is 191 Å². The number of hydrogen-bond acceptors (Lipinski definition) is 6. The summed E-state index contributed by atoms with van der Waals surface area (Å²) in [5, 5.41) is 18.1. The van der Waals surface area contributed by atoms with Gasteiger partial charge in [0.05, 0.1) is 33.0 Å². The summed E-state index contributed by atoms with van der Waals surface area (Å²) in [4.78, 5) is 11.7. The SMILES string of the molecule is CCCCCCCCCCCCCCCCCC(=O)OCCOCC(O)COCCO. The fourth-order valence-electron chi connectivity index (χ4n) is 3.48. The van der Waals surface area contributed by atoms with Gasteiger partial charge in [0.2, 0.25) is 0 Å². The quantitative estimate of drug-likeness (QED) is 0.148. The second-order valence-corrected chi connectivity index (χ2v) is 8.45. The smallest absolute Gasteiger partial charge is 0.305 e. The van der Waals surface area contributed by atoms with Crippen LogP contribution >= 0.6 is 0 Å². The molecule has 0 aliphatic carbocycles. The summed E-state index contributed by atoms with van der Waals surface area (Å²) < 4.78 is 15.4. The predicted octanol–water partition coefficient (Wildman–Crippen LogP) is 5.18. The van der Waals surface area contributed by atoms with Crippen LogP contribution in [-0.2, 0) is 19.0 Å². The molecule has 0 aliphatic rings. The Balaban J connectivity index is 3.21. The fourth-order valence-corrected chi connectivity index (χ4v) is 3.48. The number of esters is 1. The van der Waals surface area contributed by atoms with Crippen LogP contribution in [-0.4, -0.2) is 61.9 Å². The zero-order chi connectivity index (χ0) is 22.8. The van der Waals surface area contributed by atoms with E-state index in [-0.39, 0.29) is 45.6 Å². The molecule has 0 aliphatic heterocycles. The number of carbonyl (C=O) groups is 1. The molecule has 6 heteroatoms. The van der Waals surface area contributed by atoms with Crippen LogP contribution in [0.1, 0.15) is 110 Å². The number of carbonyl (C=O) groups excluding carboxylic acids is 1. The van der Waals surface area contributed by atoms with E-state index in [9.17, 15) is 9.90 Å². The molecule has 186 valence electrons. The molecule has 0 bridgehead atoms. The zero-order valence-corrected chi connectivity index (χ0v) is 20.2. The summed E-state index contributed by atoms with van der Waals surface area (Å²) in [6, 6.07) is 0. The molecule has 1 atom stereocenters. The lowest BCUT2D eigenvalue weighted by Gasteiger charge is -2.11. The molecule has 0 heterocycles. The molecular weight excluding hydrogens is 396 g/mol. The van der Waals surface area contributed by atoms with Gasteiger partial charge in [0.15, 0.2) is 0 Å². The highest BCUT2D eigenvalue weighted by Crippen LogP contribution is 2.13. The van der Waals surface area contributed by atoms with E-state index in [2.05, 4.69) is 6.92 Å². The van der Waals surface area contributed by atoms with Crippen molar-refractivity contribution in [1.29, 1.82) is 0 Å². The van der Waals surface area contributed by atoms with Crippen LogP contribution in [0.2, 0.25) is 0 Å². The molecule has 0 spiro atoms. The van der Waals surface area contributed by atoms with E-state index in [4.69, 9.17) is 19.3 Å². The first kappa shape index (κ1) is 30.3. The Hall–Kier alpha value is -0.690. The van der Waals surface area contributed by atoms with E-state index in [0.29, 0.717) is 6.42 Å². The first-order valence-electron chi connectivity index (χ1n) is 12.8. The van der Waals surface area contributed by atoms with Gasteiger partial charge < -0.3 is 24.4 Å². The normalized spacial score (nSPS) is 12.2. The van der Waals surface area contributed by atoms with Crippen molar-refractivity contribution in [2.75, 3.05) is 39.6 Å². The first-order valence-corrected chi connectivity index (χ1v) is 12.8. The molecule has 1 unspecified atom stereocenters. The van der Waals surface area contributed by atoms with E-state index in [1.54, 1.807) is 0 Å². The number of aliphatic hydroxyl groups excluding tert-OH is 2. The Morgan fingerprint density at radius 1 is 0.677 bits per heavy atom. The van der Waals surface area contributed by atoms with Crippen LogP contribution in [0.5, 0.6) is 0 Å². The second-order valence-electron chi connectivity index (χ2n) is 8.45. The van der Waals surface area contributed by atoms with Crippen molar-refractivity contribution in [3.8, 4) is 0 Å². The van der Waals surface area contributed by atoms with Gasteiger partial charge in [-0.2, -0.15) is 0 Å². The third-order valence-electron chi connectivity index (χ3n) is 5.33. The molecule has 6 nitrogen and oxygen atoms in total. The molecule has 0 amide bonds. The maximum Gasteiger partial charge on any atom is 0.305 e. The van der Waals surface area contributed by atoms with Crippen molar-refractivity contribution in [2.45, 2.75) is 116 Å². The minimum absolute atomic E-state index is 0.0666. The second kappa shape index (κ2) is 25.6. The largest absolute Gasteiger partial charge is 0.463 e. The van der Waals surface area contributed by atoms with Crippen molar-refractivity contribution in [3.63, 3.8) is 0 Å². The third kappa shape index (κ3) is 25.4. The molecule has 0 saturated heterocycles. The third-order valence-corrected chi connectivity index (χ3v) is 5.33. The molecule has 0 aromatic rings. The molecule has 31 heavy (non-hydrogen) atoms. The standard InChI is InChI=1S/C25H50O6/c1-2-3-4-5-6-7-8-9-10-11-12-13-14-15-16-17-25(28)31-21-20-30-23-24(27)22-29-19-18-26/h24,26-27H,2-23H2,1H3. The van der Waals surface area contributed by atoms with Crippen LogP contribution in [0, 0.1) is 0 Å². The first-order chi connectivity index (χ1) is 15.2. The maximum absolute atomic E-state index is 11.7. The number of ether oxygens (including phenoxy) is 3. The van der Waals surface area contributed by atoms with E-state index in [0.717, 1.165) is 12.8 Å². The Morgan fingerprint density at radius 2 is 1.13 bits per heavy atom. The maximum atomic E-state index is 11.7. The Kier molecular flexibility index (Phi) is 25.0. The van der Waals surface area contributed by atoms with Crippen molar-refractivity contribution in [3.05, 3.63) is 0 Å². The average molecular weight is 447 g/mol. The number of hydrogen-bond donors (Lipinski definition) is 2. The van der Waals surface area contributed by atoms with Gasteiger partial charge in [-0.3, -0.25) is 4.79 Å². The lowest BCUT2D eigenvalue weighted by molar-refractivity contribution is -0.145. The number of aliphatic hydroxyl groups is 2.